The van der Waals surface area contributed by atoms with E-state index in [1.165, 1.54) is 6.20 Å². The summed E-state index contributed by atoms with van der Waals surface area (Å²) in [5.41, 5.74) is 8.41. The van der Waals surface area contributed by atoms with Crippen LogP contribution in [-0.4, -0.2) is 56.6 Å². The van der Waals surface area contributed by atoms with Gasteiger partial charge >= 0.3 is 0 Å². The highest BCUT2D eigenvalue weighted by Crippen LogP contribution is 2.34. The molecule has 3 aromatic rings. The molecule has 1 saturated carbocycles. The Hall–Kier alpha value is -2.82. The molecule has 1 saturated heterocycles. The molecule has 1 aliphatic heterocycles. The zero-order valence-corrected chi connectivity index (χ0v) is 18.8. The van der Waals surface area contributed by atoms with Gasteiger partial charge in [-0.1, -0.05) is 0 Å². The van der Waals surface area contributed by atoms with Crippen molar-refractivity contribution in [2.45, 2.75) is 51.2 Å². The lowest BCUT2D eigenvalue weighted by Crippen LogP contribution is -2.49. The van der Waals surface area contributed by atoms with E-state index < -0.39 is 5.82 Å². The molecule has 10 heteroatoms. The standard InChI is InChI=1S/C23H31FN8O/c1-2-31(20-6-3-5-19-17(20)13-26-30-19)22-18(24)14-25-23(29-22)28-16-8-7-15-12-27-32(9-4-10-33)21(15)11-16/h7-8,11-12,14,17,19-20,26,30,33H,2-6,9-10,13H2,1H3,(H,25,28,29). The average Bonchev–Trinajstić information content (AvgIpc) is 3.47. The second-order valence-electron chi connectivity index (χ2n) is 8.79. The molecule has 5 rings (SSSR count). The van der Waals surface area contributed by atoms with Gasteiger partial charge in [0, 0.05) is 55.3 Å². The molecule has 4 N–H and O–H groups in total. The van der Waals surface area contributed by atoms with Crippen LogP contribution in [0, 0.1) is 11.7 Å². The quantitative estimate of drug-likeness (QED) is 0.412. The van der Waals surface area contributed by atoms with Gasteiger partial charge in [0.15, 0.2) is 11.6 Å². The van der Waals surface area contributed by atoms with E-state index in [9.17, 15) is 4.39 Å². The number of aryl methyl sites for hydroxylation is 1. The molecule has 3 heterocycles. The van der Waals surface area contributed by atoms with Crippen molar-refractivity contribution in [2.24, 2.45) is 5.92 Å². The molecular weight excluding hydrogens is 423 g/mol. The number of hydrogen-bond donors (Lipinski definition) is 4. The Labute approximate surface area is 192 Å². The van der Waals surface area contributed by atoms with Crippen molar-refractivity contribution in [3.8, 4) is 0 Å². The maximum Gasteiger partial charge on any atom is 0.229 e. The largest absolute Gasteiger partial charge is 0.396 e. The molecule has 3 atom stereocenters. The minimum atomic E-state index is -0.402. The highest BCUT2D eigenvalue weighted by Gasteiger charge is 2.40. The number of rotatable bonds is 8. The molecule has 2 aromatic heterocycles. The monoisotopic (exact) mass is 454 g/mol. The first kappa shape index (κ1) is 22.0. The first-order chi connectivity index (χ1) is 16.2. The number of nitrogens with one attached hydrogen (secondary N) is 3. The Balaban J connectivity index is 1.40. The van der Waals surface area contributed by atoms with Gasteiger partial charge in [-0.05, 0) is 50.8 Å². The molecule has 2 fully saturated rings. The van der Waals surface area contributed by atoms with E-state index in [1.54, 1.807) is 0 Å². The molecular formula is C23H31FN8O. The third-order valence-electron chi connectivity index (χ3n) is 6.82. The van der Waals surface area contributed by atoms with Crippen LogP contribution < -0.4 is 21.1 Å². The third kappa shape index (κ3) is 4.38. The van der Waals surface area contributed by atoms with E-state index in [2.05, 4.69) is 43.1 Å². The van der Waals surface area contributed by atoms with Crippen LogP contribution in [0.5, 0.6) is 0 Å². The van der Waals surface area contributed by atoms with Gasteiger partial charge in [0.25, 0.3) is 0 Å². The summed E-state index contributed by atoms with van der Waals surface area (Å²) < 4.78 is 16.8. The topological polar surface area (TPSA) is 103 Å². The van der Waals surface area contributed by atoms with Crippen molar-refractivity contribution in [1.82, 2.24) is 30.6 Å². The Kier molecular flexibility index (Phi) is 6.39. The molecule has 3 unspecified atom stereocenters. The Bertz CT molecular complexity index is 1110. The summed E-state index contributed by atoms with van der Waals surface area (Å²) in [6.45, 7) is 4.37. The molecule has 1 aromatic carbocycles. The number of benzene rings is 1. The molecule has 2 aliphatic rings. The fraction of sp³-hybridized carbons (Fsp3) is 0.522. The van der Waals surface area contributed by atoms with Gasteiger partial charge < -0.3 is 15.3 Å². The van der Waals surface area contributed by atoms with E-state index in [0.717, 1.165) is 42.4 Å². The average molecular weight is 455 g/mol. The minimum absolute atomic E-state index is 0.119. The van der Waals surface area contributed by atoms with Crippen molar-refractivity contribution in [1.29, 1.82) is 0 Å². The van der Waals surface area contributed by atoms with Gasteiger partial charge in [-0.15, -0.1) is 0 Å². The number of hydrogen-bond acceptors (Lipinski definition) is 8. The van der Waals surface area contributed by atoms with Gasteiger partial charge in [-0.3, -0.25) is 15.5 Å². The van der Waals surface area contributed by atoms with Crippen molar-refractivity contribution < 1.29 is 9.50 Å². The zero-order valence-electron chi connectivity index (χ0n) is 18.8. The van der Waals surface area contributed by atoms with Gasteiger partial charge in [-0.2, -0.15) is 10.1 Å². The SMILES string of the molecule is CCN(c1nc(Nc2ccc3cnn(CCCO)c3c2)ncc1F)C1CCCC2NNCC21. The Morgan fingerprint density at radius 1 is 1.30 bits per heavy atom. The number of aliphatic hydroxyl groups is 1. The number of nitrogens with zero attached hydrogens (tertiary/aromatic N) is 5. The normalized spacial score (nSPS) is 22.5. The Morgan fingerprint density at radius 3 is 3.06 bits per heavy atom. The van der Waals surface area contributed by atoms with Gasteiger partial charge in [0.05, 0.1) is 17.9 Å². The summed E-state index contributed by atoms with van der Waals surface area (Å²) in [5.74, 6) is 0.731. The van der Waals surface area contributed by atoms with Crippen LogP contribution in [0.15, 0.2) is 30.6 Å². The van der Waals surface area contributed by atoms with Crippen molar-refractivity contribution in [3.63, 3.8) is 0 Å². The summed E-state index contributed by atoms with van der Waals surface area (Å²) >= 11 is 0. The van der Waals surface area contributed by atoms with Crippen LogP contribution in [0.3, 0.4) is 0 Å². The van der Waals surface area contributed by atoms with Gasteiger partial charge in [-0.25, -0.2) is 9.37 Å². The molecule has 1 aliphatic carbocycles. The number of hydrazine groups is 1. The van der Waals surface area contributed by atoms with Crippen LogP contribution in [0.4, 0.5) is 21.8 Å². The number of halogens is 1. The van der Waals surface area contributed by atoms with Crippen molar-refractivity contribution >= 4 is 28.4 Å². The fourth-order valence-electron chi connectivity index (χ4n) is 5.23. The molecule has 9 nitrogen and oxygen atoms in total. The first-order valence-corrected chi connectivity index (χ1v) is 11.8. The summed E-state index contributed by atoms with van der Waals surface area (Å²) in [7, 11) is 0. The molecule has 0 bridgehead atoms. The van der Waals surface area contributed by atoms with Crippen LogP contribution in [0.1, 0.15) is 32.6 Å². The lowest BCUT2D eigenvalue weighted by Gasteiger charge is -2.40. The second-order valence-corrected chi connectivity index (χ2v) is 8.79. The molecule has 0 radical (unpaired) electrons. The molecule has 176 valence electrons. The predicted molar refractivity (Wildman–Crippen MR) is 126 cm³/mol. The number of aliphatic hydroxyl groups excluding tert-OH is 1. The number of anilines is 3. The summed E-state index contributed by atoms with van der Waals surface area (Å²) in [6.07, 6.45) is 6.98. The fourth-order valence-corrected chi connectivity index (χ4v) is 5.23. The molecule has 0 spiro atoms. The minimum Gasteiger partial charge on any atom is -0.396 e. The van der Waals surface area contributed by atoms with E-state index in [0.29, 0.717) is 43.2 Å². The maximum atomic E-state index is 14.9. The van der Waals surface area contributed by atoms with Crippen molar-refractivity contribution in [2.75, 3.05) is 29.9 Å². The van der Waals surface area contributed by atoms with E-state index >= 15 is 0 Å². The lowest BCUT2D eigenvalue weighted by atomic mass is 9.81. The third-order valence-corrected chi connectivity index (χ3v) is 6.82. The Morgan fingerprint density at radius 2 is 2.21 bits per heavy atom. The highest BCUT2D eigenvalue weighted by atomic mass is 19.1. The highest BCUT2D eigenvalue weighted by molar-refractivity contribution is 5.83. The smallest absolute Gasteiger partial charge is 0.229 e. The molecule has 0 amide bonds. The van der Waals surface area contributed by atoms with Gasteiger partial charge in [0.1, 0.15) is 0 Å². The second kappa shape index (κ2) is 9.58. The van der Waals surface area contributed by atoms with E-state index in [4.69, 9.17) is 5.11 Å². The van der Waals surface area contributed by atoms with Crippen LogP contribution in [-0.2, 0) is 6.54 Å². The van der Waals surface area contributed by atoms with Crippen LogP contribution in [0.25, 0.3) is 10.9 Å². The van der Waals surface area contributed by atoms with Gasteiger partial charge in [0.2, 0.25) is 5.95 Å². The first-order valence-electron chi connectivity index (χ1n) is 11.8. The van der Waals surface area contributed by atoms with Crippen molar-refractivity contribution in [3.05, 3.63) is 36.4 Å². The lowest BCUT2D eigenvalue weighted by molar-refractivity contribution is 0.278. The maximum absolute atomic E-state index is 14.9. The van der Waals surface area contributed by atoms with Crippen LogP contribution in [0.2, 0.25) is 0 Å². The van der Waals surface area contributed by atoms with Crippen LogP contribution >= 0.6 is 0 Å². The van der Waals surface area contributed by atoms with E-state index in [-0.39, 0.29) is 12.6 Å². The number of fused-ring (bicyclic) bond motifs is 2. The summed E-state index contributed by atoms with van der Waals surface area (Å²) in [5, 5.41) is 17.8. The number of aromatic nitrogens is 4. The predicted octanol–water partition coefficient (Wildman–Crippen LogP) is 2.56. The van der Waals surface area contributed by atoms with E-state index in [1.807, 2.05) is 29.1 Å². The summed E-state index contributed by atoms with van der Waals surface area (Å²) in [6, 6.07) is 6.54. The molecule has 33 heavy (non-hydrogen) atoms. The summed E-state index contributed by atoms with van der Waals surface area (Å²) in [4.78, 5) is 10.9. The zero-order chi connectivity index (χ0) is 22.8.